The van der Waals surface area contributed by atoms with Gasteiger partial charge in [0.15, 0.2) is 17.8 Å². The van der Waals surface area contributed by atoms with Gasteiger partial charge in [-0.2, -0.15) is 0 Å². The molecule has 0 saturated carbocycles. The Labute approximate surface area is 163 Å². The summed E-state index contributed by atoms with van der Waals surface area (Å²) in [5.74, 6) is -2.53. The highest BCUT2D eigenvalue weighted by molar-refractivity contribution is 6.35. The second kappa shape index (κ2) is 6.51. The minimum atomic E-state index is -1.59. The van der Waals surface area contributed by atoms with Crippen molar-refractivity contribution < 1.29 is 23.0 Å². The molecule has 136 valence electrons. The number of hydrogen-bond acceptors (Lipinski definition) is 3. The number of aldehydes is 1. The summed E-state index contributed by atoms with van der Waals surface area (Å²) < 4.78 is 39.5. The Morgan fingerprint density at radius 2 is 1.56 bits per heavy atom. The summed E-state index contributed by atoms with van der Waals surface area (Å²) in [7, 11) is 0. The molecule has 27 heavy (non-hydrogen) atoms. The fourth-order valence-corrected chi connectivity index (χ4v) is 3.47. The van der Waals surface area contributed by atoms with Gasteiger partial charge in [-0.25, -0.2) is 8.78 Å². The topological polar surface area (TPSA) is 35.5 Å². The average molecular weight is 407 g/mol. The SMILES string of the molecule is O=Cc1cc2c(cc1F)OC(c1ccc(F)cc1)(c1ccc(Cl)cc1Cl)O2. The van der Waals surface area contributed by atoms with Crippen LogP contribution in [-0.2, 0) is 5.79 Å². The van der Waals surface area contributed by atoms with Crippen LogP contribution in [0.1, 0.15) is 21.5 Å². The van der Waals surface area contributed by atoms with E-state index in [9.17, 15) is 13.6 Å². The van der Waals surface area contributed by atoms with Crippen molar-refractivity contribution >= 4 is 29.5 Å². The molecule has 0 N–H and O–H groups in total. The fraction of sp³-hybridized carbons (Fsp3) is 0.0500. The molecule has 0 bridgehead atoms. The van der Waals surface area contributed by atoms with Gasteiger partial charge in [0.05, 0.1) is 16.1 Å². The van der Waals surface area contributed by atoms with Crippen LogP contribution < -0.4 is 9.47 Å². The average Bonchev–Trinajstić information content (AvgIpc) is 3.00. The van der Waals surface area contributed by atoms with Gasteiger partial charge in [0, 0.05) is 16.7 Å². The molecule has 0 radical (unpaired) electrons. The number of ether oxygens (including phenoxy) is 2. The summed E-state index contributed by atoms with van der Waals surface area (Å²) in [5, 5.41) is 0.651. The molecule has 1 aliphatic rings. The summed E-state index contributed by atoms with van der Waals surface area (Å²) in [6.07, 6.45) is 0.381. The summed E-state index contributed by atoms with van der Waals surface area (Å²) in [4.78, 5) is 11.0. The Morgan fingerprint density at radius 3 is 2.19 bits per heavy atom. The Bertz CT molecular complexity index is 1050. The zero-order valence-electron chi connectivity index (χ0n) is 13.5. The number of rotatable bonds is 3. The molecule has 3 aromatic rings. The zero-order chi connectivity index (χ0) is 19.2. The lowest BCUT2D eigenvalue weighted by atomic mass is 9.97. The van der Waals surface area contributed by atoms with E-state index in [1.807, 2.05) is 0 Å². The molecule has 1 atom stereocenters. The summed E-state index contributed by atoms with van der Waals surface area (Å²) >= 11 is 12.3. The molecule has 0 aromatic heterocycles. The van der Waals surface area contributed by atoms with Crippen LogP contribution in [0.15, 0.2) is 54.6 Å². The lowest BCUT2D eigenvalue weighted by Gasteiger charge is -2.29. The first-order valence-electron chi connectivity index (χ1n) is 7.81. The van der Waals surface area contributed by atoms with Gasteiger partial charge >= 0.3 is 5.79 Å². The number of carbonyl (C=O) groups excluding carboxylic acids is 1. The van der Waals surface area contributed by atoms with Crippen LogP contribution in [0.3, 0.4) is 0 Å². The smallest absolute Gasteiger partial charge is 0.307 e. The minimum absolute atomic E-state index is 0.0911. The van der Waals surface area contributed by atoms with E-state index in [2.05, 4.69) is 0 Å². The number of halogens is 4. The Kier molecular flexibility index (Phi) is 4.29. The van der Waals surface area contributed by atoms with Crippen molar-refractivity contribution in [3.05, 3.63) is 93.0 Å². The molecule has 1 unspecified atom stereocenters. The maximum absolute atomic E-state index is 14.0. The van der Waals surface area contributed by atoms with Gasteiger partial charge in [0.1, 0.15) is 11.6 Å². The summed E-state index contributed by atoms with van der Waals surface area (Å²) in [5.41, 5.74) is 0.649. The first-order valence-corrected chi connectivity index (χ1v) is 8.57. The molecule has 0 amide bonds. The van der Waals surface area contributed by atoms with Crippen LogP contribution in [-0.4, -0.2) is 6.29 Å². The van der Waals surface area contributed by atoms with Crippen molar-refractivity contribution in [2.75, 3.05) is 0 Å². The van der Waals surface area contributed by atoms with Gasteiger partial charge < -0.3 is 9.47 Å². The van der Waals surface area contributed by atoms with E-state index in [0.717, 1.165) is 6.07 Å². The molecular formula is C20H10Cl2F2O3. The Morgan fingerprint density at radius 1 is 0.889 bits per heavy atom. The highest BCUT2D eigenvalue weighted by Crippen LogP contribution is 2.50. The largest absolute Gasteiger partial charge is 0.440 e. The minimum Gasteiger partial charge on any atom is -0.440 e. The lowest BCUT2D eigenvalue weighted by Crippen LogP contribution is -2.37. The van der Waals surface area contributed by atoms with Gasteiger partial charge in [0.25, 0.3) is 0 Å². The van der Waals surface area contributed by atoms with Crippen LogP contribution in [0.5, 0.6) is 11.5 Å². The van der Waals surface area contributed by atoms with Crippen LogP contribution in [0, 0.1) is 11.6 Å². The highest BCUT2D eigenvalue weighted by atomic mass is 35.5. The van der Waals surface area contributed by atoms with Crippen molar-refractivity contribution in [2.24, 2.45) is 0 Å². The number of hydrogen-bond donors (Lipinski definition) is 0. The van der Waals surface area contributed by atoms with Crippen LogP contribution >= 0.6 is 23.2 Å². The molecule has 4 rings (SSSR count). The first-order chi connectivity index (χ1) is 12.9. The second-order valence-electron chi connectivity index (χ2n) is 5.89. The van der Waals surface area contributed by atoms with Crippen LogP contribution in [0.25, 0.3) is 0 Å². The normalized spacial score (nSPS) is 17.8. The van der Waals surface area contributed by atoms with E-state index < -0.39 is 17.4 Å². The maximum atomic E-state index is 14.0. The van der Waals surface area contributed by atoms with E-state index in [-0.39, 0.29) is 22.1 Å². The van der Waals surface area contributed by atoms with Crippen LogP contribution in [0.2, 0.25) is 10.0 Å². The van der Waals surface area contributed by atoms with Crippen molar-refractivity contribution in [1.29, 1.82) is 0 Å². The van der Waals surface area contributed by atoms with E-state index in [0.29, 0.717) is 22.4 Å². The van der Waals surface area contributed by atoms with Crippen LogP contribution in [0.4, 0.5) is 8.78 Å². The van der Waals surface area contributed by atoms with Crippen molar-refractivity contribution in [3.8, 4) is 11.5 Å². The molecule has 7 heteroatoms. The van der Waals surface area contributed by atoms with Crippen molar-refractivity contribution in [1.82, 2.24) is 0 Å². The monoisotopic (exact) mass is 406 g/mol. The molecule has 0 saturated heterocycles. The fourth-order valence-electron chi connectivity index (χ4n) is 2.94. The van der Waals surface area contributed by atoms with Gasteiger partial charge in [-0.3, -0.25) is 4.79 Å². The third-order valence-electron chi connectivity index (χ3n) is 4.21. The molecule has 3 aromatic carbocycles. The molecular weight excluding hydrogens is 397 g/mol. The first kappa shape index (κ1) is 17.8. The van der Waals surface area contributed by atoms with Crippen molar-refractivity contribution in [3.63, 3.8) is 0 Å². The third-order valence-corrected chi connectivity index (χ3v) is 4.76. The van der Waals surface area contributed by atoms with Gasteiger partial charge in [0.2, 0.25) is 0 Å². The lowest BCUT2D eigenvalue weighted by molar-refractivity contribution is -0.0459. The number of benzene rings is 3. The standard InChI is InChI=1S/C20H10Cl2F2O3/c21-13-3-6-15(16(22)8-13)20(12-1-4-14(23)5-2-12)26-18-7-11(10-25)17(24)9-19(18)27-20/h1-10H. The number of fused-ring (bicyclic) bond motifs is 1. The summed E-state index contributed by atoms with van der Waals surface area (Å²) in [6.45, 7) is 0. The van der Waals surface area contributed by atoms with Gasteiger partial charge in [-0.05, 0) is 48.5 Å². The predicted octanol–water partition coefficient (Wildman–Crippen LogP) is 5.76. The van der Waals surface area contributed by atoms with E-state index in [1.165, 1.54) is 36.4 Å². The van der Waals surface area contributed by atoms with E-state index in [4.69, 9.17) is 32.7 Å². The van der Waals surface area contributed by atoms with Gasteiger partial charge in [-0.1, -0.05) is 23.2 Å². The molecule has 1 aliphatic heterocycles. The number of carbonyl (C=O) groups is 1. The Hall–Kier alpha value is -2.63. The van der Waals surface area contributed by atoms with Gasteiger partial charge in [-0.15, -0.1) is 0 Å². The molecule has 0 fully saturated rings. The van der Waals surface area contributed by atoms with E-state index in [1.54, 1.807) is 12.1 Å². The molecule has 1 heterocycles. The third kappa shape index (κ3) is 2.93. The molecule has 0 spiro atoms. The zero-order valence-corrected chi connectivity index (χ0v) is 15.0. The highest BCUT2D eigenvalue weighted by Gasteiger charge is 2.47. The van der Waals surface area contributed by atoms with Crippen molar-refractivity contribution in [2.45, 2.75) is 5.79 Å². The Balaban J connectivity index is 1.93. The molecule has 3 nitrogen and oxygen atoms in total. The quantitative estimate of drug-likeness (QED) is 0.519. The predicted molar refractivity (Wildman–Crippen MR) is 96.7 cm³/mol. The summed E-state index contributed by atoms with van der Waals surface area (Å²) in [6, 6.07) is 12.5. The second-order valence-corrected chi connectivity index (χ2v) is 6.73. The maximum Gasteiger partial charge on any atom is 0.307 e. The molecule has 0 aliphatic carbocycles. The van der Waals surface area contributed by atoms with E-state index >= 15 is 0 Å².